The van der Waals surface area contributed by atoms with Crippen molar-refractivity contribution in [3.05, 3.63) is 69.7 Å². The van der Waals surface area contributed by atoms with E-state index in [-0.39, 0.29) is 11.9 Å². The van der Waals surface area contributed by atoms with Crippen LogP contribution in [0.4, 0.5) is 0 Å². The number of carbonyl (C=O) groups is 2. The number of aryl methyl sites for hydroxylation is 1. The Bertz CT molecular complexity index is 773. The first kappa shape index (κ1) is 17.7. The maximum absolute atomic E-state index is 12.4. The van der Waals surface area contributed by atoms with Crippen molar-refractivity contribution in [3.63, 3.8) is 0 Å². The fourth-order valence-corrected chi connectivity index (χ4v) is 3.33. The molecule has 2 aromatic carbocycles. The average Bonchev–Trinajstić information content (AvgIpc) is 2.62. The van der Waals surface area contributed by atoms with Gasteiger partial charge in [-0.3, -0.25) is 4.79 Å². The van der Waals surface area contributed by atoms with Gasteiger partial charge >= 0.3 is 5.97 Å². The summed E-state index contributed by atoms with van der Waals surface area (Å²) in [5.74, 6) is -0.772. The number of esters is 1. The van der Waals surface area contributed by atoms with Crippen LogP contribution in [0.25, 0.3) is 0 Å². The van der Waals surface area contributed by atoms with Crippen LogP contribution in [0, 0.1) is 0 Å². The van der Waals surface area contributed by atoms with Crippen molar-refractivity contribution in [2.24, 2.45) is 0 Å². The second kappa shape index (κ2) is 7.83. The first-order chi connectivity index (χ1) is 12.0. The molecule has 5 heteroatoms. The summed E-state index contributed by atoms with van der Waals surface area (Å²) in [6, 6.07) is 15.0. The highest BCUT2D eigenvalue weighted by molar-refractivity contribution is 9.10. The monoisotopic (exact) mass is 401 g/mol. The third-order valence-electron chi connectivity index (χ3n) is 4.42. The molecule has 2 atom stereocenters. The number of halogens is 1. The third kappa shape index (κ3) is 4.28. The lowest BCUT2D eigenvalue weighted by atomic mass is 9.87. The van der Waals surface area contributed by atoms with E-state index < -0.39 is 12.1 Å². The molecule has 0 fully saturated rings. The number of hydrogen-bond acceptors (Lipinski definition) is 3. The minimum absolute atomic E-state index is 0.0220. The highest BCUT2D eigenvalue weighted by Crippen LogP contribution is 2.29. The molecule has 0 heterocycles. The smallest absolute Gasteiger partial charge is 0.338 e. The molecule has 0 radical (unpaired) electrons. The number of ether oxygens (including phenoxy) is 1. The van der Waals surface area contributed by atoms with E-state index in [1.807, 2.05) is 12.1 Å². The van der Waals surface area contributed by atoms with Gasteiger partial charge in [0.25, 0.3) is 5.91 Å². The van der Waals surface area contributed by atoms with Crippen molar-refractivity contribution in [3.8, 4) is 0 Å². The van der Waals surface area contributed by atoms with Crippen LogP contribution in [-0.2, 0) is 16.0 Å². The van der Waals surface area contributed by atoms with Crippen LogP contribution in [0.15, 0.2) is 53.0 Å². The van der Waals surface area contributed by atoms with Crippen LogP contribution >= 0.6 is 15.9 Å². The second-order valence-corrected chi connectivity index (χ2v) is 7.12. The van der Waals surface area contributed by atoms with E-state index in [4.69, 9.17) is 4.74 Å². The Morgan fingerprint density at radius 3 is 2.64 bits per heavy atom. The predicted molar refractivity (Wildman–Crippen MR) is 99.3 cm³/mol. The minimum atomic E-state index is -0.842. The lowest BCUT2D eigenvalue weighted by Gasteiger charge is -2.27. The Balaban J connectivity index is 1.62. The summed E-state index contributed by atoms with van der Waals surface area (Å²) in [7, 11) is 0. The highest BCUT2D eigenvalue weighted by atomic mass is 79.9. The Hall–Kier alpha value is -2.14. The molecule has 130 valence electrons. The maximum Gasteiger partial charge on any atom is 0.338 e. The molecule has 1 N–H and O–H groups in total. The van der Waals surface area contributed by atoms with Gasteiger partial charge in [0.15, 0.2) is 6.10 Å². The molecule has 0 aliphatic heterocycles. The van der Waals surface area contributed by atoms with Gasteiger partial charge in [0, 0.05) is 4.47 Å². The molecular formula is C20H20BrNO3. The van der Waals surface area contributed by atoms with Gasteiger partial charge in [0.2, 0.25) is 0 Å². The predicted octanol–water partition coefficient (Wildman–Crippen LogP) is 4.19. The molecule has 2 aromatic rings. The number of benzene rings is 2. The zero-order valence-corrected chi connectivity index (χ0v) is 15.6. The van der Waals surface area contributed by atoms with Gasteiger partial charge in [0.1, 0.15) is 0 Å². The van der Waals surface area contributed by atoms with Crippen LogP contribution in [-0.4, -0.2) is 18.0 Å². The number of carbonyl (C=O) groups excluding carboxylic acids is 2. The van der Waals surface area contributed by atoms with Crippen molar-refractivity contribution < 1.29 is 14.3 Å². The lowest BCUT2D eigenvalue weighted by Crippen LogP contribution is -2.39. The van der Waals surface area contributed by atoms with E-state index in [0.717, 1.165) is 29.3 Å². The molecule has 0 aromatic heterocycles. The van der Waals surface area contributed by atoms with E-state index in [1.165, 1.54) is 5.56 Å². The van der Waals surface area contributed by atoms with Crippen LogP contribution in [0.3, 0.4) is 0 Å². The van der Waals surface area contributed by atoms with Crippen molar-refractivity contribution in [1.29, 1.82) is 0 Å². The molecule has 0 unspecified atom stereocenters. The summed E-state index contributed by atoms with van der Waals surface area (Å²) < 4.78 is 6.18. The lowest BCUT2D eigenvalue weighted by molar-refractivity contribution is -0.130. The fourth-order valence-electron chi connectivity index (χ4n) is 3.06. The van der Waals surface area contributed by atoms with Gasteiger partial charge in [-0.05, 0) is 61.6 Å². The quantitative estimate of drug-likeness (QED) is 0.781. The SMILES string of the molecule is C[C@H](OC(=O)c1ccc(Br)cc1)C(=O)N[C@H]1CCCc2ccccc21. The number of hydrogen-bond donors (Lipinski definition) is 1. The largest absolute Gasteiger partial charge is 0.449 e. The summed E-state index contributed by atoms with van der Waals surface area (Å²) in [6.07, 6.45) is 2.13. The van der Waals surface area contributed by atoms with Crippen LogP contribution in [0.2, 0.25) is 0 Å². The van der Waals surface area contributed by atoms with Crippen molar-refractivity contribution in [2.45, 2.75) is 38.3 Å². The summed E-state index contributed by atoms with van der Waals surface area (Å²) >= 11 is 3.32. The van der Waals surface area contributed by atoms with E-state index in [2.05, 4.69) is 33.4 Å². The first-order valence-corrected chi connectivity index (χ1v) is 9.18. The maximum atomic E-state index is 12.4. The molecule has 1 amide bonds. The van der Waals surface area contributed by atoms with Gasteiger partial charge in [-0.2, -0.15) is 0 Å². The van der Waals surface area contributed by atoms with E-state index >= 15 is 0 Å². The van der Waals surface area contributed by atoms with Gasteiger partial charge in [-0.15, -0.1) is 0 Å². The molecule has 1 aliphatic rings. The van der Waals surface area contributed by atoms with Gasteiger partial charge in [-0.25, -0.2) is 4.79 Å². The third-order valence-corrected chi connectivity index (χ3v) is 4.95. The molecule has 0 spiro atoms. The molecule has 4 nitrogen and oxygen atoms in total. The fraction of sp³-hybridized carbons (Fsp3) is 0.300. The van der Waals surface area contributed by atoms with Crippen molar-refractivity contribution in [1.82, 2.24) is 5.32 Å². The molecular weight excluding hydrogens is 382 g/mol. The zero-order valence-electron chi connectivity index (χ0n) is 14.0. The normalized spacial score (nSPS) is 17.3. The summed E-state index contributed by atoms with van der Waals surface area (Å²) in [5, 5.41) is 3.02. The Labute approximate surface area is 155 Å². The van der Waals surface area contributed by atoms with E-state index in [9.17, 15) is 9.59 Å². The van der Waals surface area contributed by atoms with Gasteiger partial charge in [-0.1, -0.05) is 40.2 Å². The molecule has 0 saturated heterocycles. The topological polar surface area (TPSA) is 55.4 Å². The number of fused-ring (bicyclic) bond motifs is 1. The molecule has 3 rings (SSSR count). The van der Waals surface area contributed by atoms with Crippen molar-refractivity contribution in [2.75, 3.05) is 0 Å². The van der Waals surface area contributed by atoms with Crippen LogP contribution in [0.1, 0.15) is 47.3 Å². The second-order valence-electron chi connectivity index (χ2n) is 6.21. The van der Waals surface area contributed by atoms with Crippen LogP contribution in [0.5, 0.6) is 0 Å². The van der Waals surface area contributed by atoms with Crippen LogP contribution < -0.4 is 5.32 Å². The number of nitrogens with one attached hydrogen (secondary N) is 1. The molecule has 0 bridgehead atoms. The minimum Gasteiger partial charge on any atom is -0.449 e. The van der Waals surface area contributed by atoms with Gasteiger partial charge < -0.3 is 10.1 Å². The Morgan fingerprint density at radius 2 is 1.88 bits per heavy atom. The summed E-state index contributed by atoms with van der Waals surface area (Å²) in [6.45, 7) is 1.60. The van der Waals surface area contributed by atoms with Gasteiger partial charge in [0.05, 0.1) is 11.6 Å². The Morgan fingerprint density at radius 1 is 1.16 bits per heavy atom. The molecule has 0 saturated carbocycles. The molecule has 25 heavy (non-hydrogen) atoms. The number of amides is 1. The standard InChI is InChI=1S/C20H20BrNO3/c1-13(25-20(24)15-9-11-16(21)12-10-15)19(23)22-18-8-4-6-14-5-2-3-7-17(14)18/h2-3,5,7,9-13,18H,4,6,8H2,1H3,(H,22,23)/t13-,18-/m0/s1. The zero-order chi connectivity index (χ0) is 17.8. The Kier molecular flexibility index (Phi) is 5.53. The number of rotatable bonds is 4. The van der Waals surface area contributed by atoms with E-state index in [1.54, 1.807) is 31.2 Å². The summed E-state index contributed by atoms with van der Waals surface area (Å²) in [5.41, 5.74) is 2.86. The highest BCUT2D eigenvalue weighted by Gasteiger charge is 2.25. The van der Waals surface area contributed by atoms with E-state index in [0.29, 0.717) is 5.56 Å². The average molecular weight is 402 g/mol. The van der Waals surface area contributed by atoms with Crippen molar-refractivity contribution >= 4 is 27.8 Å². The summed E-state index contributed by atoms with van der Waals surface area (Å²) in [4.78, 5) is 24.6. The molecule has 1 aliphatic carbocycles. The first-order valence-electron chi connectivity index (χ1n) is 8.39.